The average molecular weight is 631 g/mol. The van der Waals surface area contributed by atoms with Gasteiger partial charge in [0.15, 0.2) is 22.9 Å². The van der Waals surface area contributed by atoms with Gasteiger partial charge in [-0.15, -0.1) is 0 Å². The predicted octanol–water partition coefficient (Wildman–Crippen LogP) is 6.46. The first-order valence-electron chi connectivity index (χ1n) is 14.4. The molecule has 1 saturated heterocycles. The number of nitrogens with zero attached hydrogens (tertiary/aromatic N) is 5. The summed E-state index contributed by atoms with van der Waals surface area (Å²) in [5.41, 5.74) is 8.73. The topological polar surface area (TPSA) is 150 Å². The normalized spacial score (nSPS) is 21.3. The molecule has 0 saturated carbocycles. The molecular weight excluding hydrogens is 585 g/mol. The molecule has 0 bridgehead atoms. The molecule has 236 valence electrons. The minimum Gasteiger partial charge on any atom is -0.414 e. The Labute approximate surface area is 256 Å². The van der Waals surface area contributed by atoms with Crippen LogP contribution in [0.3, 0.4) is 0 Å². The molecule has 3 rings (SSSR count). The molecule has 14 heteroatoms. The molecule has 1 aliphatic heterocycles. The zero-order valence-electron chi connectivity index (χ0n) is 27.0. The molecule has 1 amide bonds. The summed E-state index contributed by atoms with van der Waals surface area (Å²) in [6, 6.07) is 10.2. The second-order valence-electron chi connectivity index (χ2n) is 13.8. The van der Waals surface area contributed by atoms with Gasteiger partial charge in [0.1, 0.15) is 30.9 Å². The lowest BCUT2D eigenvalue weighted by molar-refractivity contribution is -0.0588. The molecule has 43 heavy (non-hydrogen) atoms. The van der Waals surface area contributed by atoms with Crippen molar-refractivity contribution in [3.8, 4) is 0 Å². The fraction of sp³-hybridized carbons (Fsp3) is 0.621. The van der Waals surface area contributed by atoms with Crippen molar-refractivity contribution >= 4 is 28.4 Å². The number of carbonyl (C=O) groups is 1. The van der Waals surface area contributed by atoms with Crippen molar-refractivity contribution in [2.45, 2.75) is 102 Å². The van der Waals surface area contributed by atoms with Crippen LogP contribution in [0.25, 0.3) is 10.4 Å². The van der Waals surface area contributed by atoms with E-state index in [1.807, 2.05) is 6.07 Å². The number of benzene rings is 1. The van der Waals surface area contributed by atoms with Gasteiger partial charge in [-0.05, 0) is 60.0 Å². The minimum absolute atomic E-state index is 0.0373. The molecule has 0 spiro atoms. The predicted molar refractivity (Wildman–Crippen MR) is 171 cm³/mol. The average Bonchev–Trinajstić information content (AvgIpc) is 3.23. The molecule has 0 unspecified atom stereocenters. The molecular formula is C29H46N6O6Si2. The van der Waals surface area contributed by atoms with Crippen molar-refractivity contribution in [1.82, 2.24) is 9.55 Å². The zero-order valence-corrected chi connectivity index (χ0v) is 29.0. The van der Waals surface area contributed by atoms with Gasteiger partial charge in [-0.1, -0.05) is 64.9 Å². The van der Waals surface area contributed by atoms with Crippen molar-refractivity contribution in [3.05, 3.63) is 69.1 Å². The van der Waals surface area contributed by atoms with E-state index in [-0.39, 0.29) is 35.1 Å². The molecule has 12 nitrogen and oxygen atoms in total. The Balaban J connectivity index is 1.99. The van der Waals surface area contributed by atoms with Crippen LogP contribution in [0.5, 0.6) is 0 Å². The van der Waals surface area contributed by atoms with E-state index in [1.54, 1.807) is 30.3 Å². The summed E-state index contributed by atoms with van der Waals surface area (Å²) in [6.07, 6.45) is -1.42. The molecule has 2 heterocycles. The third-order valence-electron chi connectivity index (χ3n) is 8.71. The quantitative estimate of drug-likeness (QED) is 0.130. The van der Waals surface area contributed by atoms with Crippen molar-refractivity contribution in [2.24, 2.45) is 5.11 Å². The van der Waals surface area contributed by atoms with E-state index >= 15 is 0 Å². The van der Waals surface area contributed by atoms with Crippen molar-refractivity contribution in [3.63, 3.8) is 0 Å². The van der Waals surface area contributed by atoms with Gasteiger partial charge in [0.05, 0.1) is 6.61 Å². The molecule has 4 atom stereocenters. The molecule has 0 radical (unpaired) electrons. The van der Waals surface area contributed by atoms with Gasteiger partial charge in [-0.25, -0.2) is 4.79 Å². The summed E-state index contributed by atoms with van der Waals surface area (Å²) < 4.78 is 27.3. The van der Waals surface area contributed by atoms with Crippen molar-refractivity contribution in [1.29, 1.82) is 0 Å². The van der Waals surface area contributed by atoms with Gasteiger partial charge >= 0.3 is 5.69 Å². The van der Waals surface area contributed by atoms with Crippen LogP contribution in [-0.2, 0) is 18.3 Å². The Morgan fingerprint density at radius 2 is 1.67 bits per heavy atom. The third-order valence-corrected chi connectivity index (χ3v) is 17.7. The van der Waals surface area contributed by atoms with Crippen LogP contribution >= 0.6 is 0 Å². The molecule has 1 fully saturated rings. The first kappa shape index (κ1) is 34.6. The maximum Gasteiger partial charge on any atom is 0.351 e. The molecule has 0 aliphatic carbocycles. The van der Waals surface area contributed by atoms with Crippen LogP contribution in [-0.4, -0.2) is 63.7 Å². The molecule has 1 aliphatic rings. The van der Waals surface area contributed by atoms with E-state index in [2.05, 4.69) is 88.1 Å². The lowest BCUT2D eigenvalue weighted by Crippen LogP contribution is -2.50. The summed E-state index contributed by atoms with van der Waals surface area (Å²) in [7, 11) is -4.60. The minimum atomic E-state index is -2.43. The van der Waals surface area contributed by atoms with E-state index in [9.17, 15) is 9.59 Å². The van der Waals surface area contributed by atoms with E-state index in [1.165, 1.54) is 10.8 Å². The highest BCUT2D eigenvalue weighted by Crippen LogP contribution is 2.43. The number of ether oxygens (including phenoxy) is 2. The van der Waals surface area contributed by atoms with Crippen LogP contribution in [0.1, 0.15) is 58.1 Å². The van der Waals surface area contributed by atoms with Crippen LogP contribution in [0, 0.1) is 0 Å². The number of carbonyl (C=O) groups excluding carboxylic acids is 1. The Kier molecular flexibility index (Phi) is 10.8. The second kappa shape index (κ2) is 13.4. The van der Waals surface area contributed by atoms with Gasteiger partial charge in [-0.3, -0.25) is 9.36 Å². The summed E-state index contributed by atoms with van der Waals surface area (Å²) in [6.45, 7) is 21.3. The number of nitrogens with one attached hydrogen (secondary N) is 1. The first-order chi connectivity index (χ1) is 19.9. The zero-order chi connectivity index (χ0) is 32.2. The van der Waals surface area contributed by atoms with E-state index < -0.39 is 46.9 Å². The largest absolute Gasteiger partial charge is 0.414 e. The molecule has 1 aromatic carbocycles. The molecule has 2 aromatic rings. The van der Waals surface area contributed by atoms with Crippen LogP contribution in [0.15, 0.2) is 52.5 Å². The summed E-state index contributed by atoms with van der Waals surface area (Å²) in [5.74, 6) is -0.264. The first-order valence-corrected chi connectivity index (χ1v) is 20.2. The Hall–Kier alpha value is -2.85. The fourth-order valence-corrected chi connectivity index (χ4v) is 6.31. The maximum atomic E-state index is 13.4. The maximum absolute atomic E-state index is 13.4. The summed E-state index contributed by atoms with van der Waals surface area (Å²) in [4.78, 5) is 33.0. The summed E-state index contributed by atoms with van der Waals surface area (Å²) >= 11 is 0. The lowest BCUT2D eigenvalue weighted by atomic mass is 10.1. The Morgan fingerprint density at radius 1 is 1.05 bits per heavy atom. The van der Waals surface area contributed by atoms with Gasteiger partial charge in [0, 0.05) is 16.7 Å². The second-order valence-corrected chi connectivity index (χ2v) is 23.4. The van der Waals surface area contributed by atoms with Gasteiger partial charge in [-0.2, -0.15) is 4.98 Å². The van der Waals surface area contributed by atoms with Crippen molar-refractivity contribution < 1.29 is 23.1 Å². The van der Waals surface area contributed by atoms with Crippen LogP contribution < -0.4 is 11.0 Å². The van der Waals surface area contributed by atoms with E-state index in [4.69, 9.17) is 23.9 Å². The summed E-state index contributed by atoms with van der Waals surface area (Å²) in [5, 5.41) is 6.06. The highest BCUT2D eigenvalue weighted by molar-refractivity contribution is 6.74. The van der Waals surface area contributed by atoms with E-state index in [0.29, 0.717) is 5.56 Å². The highest BCUT2D eigenvalue weighted by Gasteiger charge is 2.52. The number of hydrogen-bond donors (Lipinski definition) is 1. The number of rotatable bonds is 11. The number of aromatic nitrogens is 2. The van der Waals surface area contributed by atoms with Gasteiger partial charge in [0.2, 0.25) is 0 Å². The third kappa shape index (κ3) is 8.41. The number of anilines is 1. The lowest BCUT2D eigenvalue weighted by Gasteiger charge is -2.40. The van der Waals surface area contributed by atoms with E-state index in [0.717, 1.165) is 0 Å². The van der Waals surface area contributed by atoms with Crippen LogP contribution in [0.4, 0.5) is 5.82 Å². The van der Waals surface area contributed by atoms with Crippen LogP contribution in [0.2, 0.25) is 36.3 Å². The molecule has 1 N–H and O–H groups in total. The SMILES string of the molecule is CC(C)(C)[Si](C)(C)OC[C@H]1O[C@@H](n2ccc(NC(=O)c3ccccc3)nc2=O)[C@H](O[Si](C)(C)C(C)(C)C)[C@@H]1OCN=[N+]=[N-]. The monoisotopic (exact) mass is 630 g/mol. The van der Waals surface area contributed by atoms with Crippen molar-refractivity contribution in [2.75, 3.05) is 18.7 Å². The number of amides is 1. The smallest absolute Gasteiger partial charge is 0.351 e. The molecule has 1 aromatic heterocycles. The Morgan fingerprint density at radius 3 is 2.23 bits per heavy atom. The fourth-order valence-electron chi connectivity index (χ4n) is 4.02. The van der Waals surface area contributed by atoms with Gasteiger partial charge < -0.3 is 23.6 Å². The number of azide groups is 1. The Bertz CT molecular complexity index is 1370. The van der Waals surface area contributed by atoms with Gasteiger partial charge in [0.25, 0.3) is 5.91 Å². The standard InChI is InChI=1S/C29H46N6O6Si2/c1-28(2,3)42(7,8)39-18-21-23(38-19-31-34-30)24(41-43(9,10)29(4,5)6)26(40-21)35-17-16-22(33-27(35)37)32-25(36)20-14-12-11-13-15-20/h11-17,21,23-24,26H,18-19H2,1-10H3,(H,32,33,36,37)/t21-,23-,24-,26-/m1/s1. The number of hydrogen-bond acceptors (Lipinski definition) is 8. The highest BCUT2D eigenvalue weighted by atomic mass is 28.4.